The van der Waals surface area contributed by atoms with Gasteiger partial charge >= 0.3 is 0 Å². The lowest BCUT2D eigenvalue weighted by molar-refractivity contribution is -0.121. The highest BCUT2D eigenvalue weighted by Crippen LogP contribution is 2.40. The van der Waals surface area contributed by atoms with Crippen LogP contribution < -0.4 is 11.1 Å². The van der Waals surface area contributed by atoms with Crippen molar-refractivity contribution in [3.63, 3.8) is 0 Å². The van der Waals surface area contributed by atoms with Gasteiger partial charge in [0.05, 0.1) is 0 Å². The number of rotatable bonds is 10. The molecule has 0 aliphatic heterocycles. The lowest BCUT2D eigenvalue weighted by Gasteiger charge is -2.09. The number of amides is 2. The van der Waals surface area contributed by atoms with Crippen LogP contribution in [0.2, 0.25) is 5.02 Å². The second kappa shape index (κ2) is 9.23. The van der Waals surface area contributed by atoms with Gasteiger partial charge in [-0.05, 0) is 24.5 Å². The highest BCUT2D eigenvalue weighted by atomic mass is 35.5. The molecule has 0 unspecified atom stereocenters. The summed E-state index contributed by atoms with van der Waals surface area (Å²) in [6.07, 6.45) is 2.81. The lowest BCUT2D eigenvalue weighted by Crippen LogP contribution is -2.23. The van der Waals surface area contributed by atoms with Crippen LogP contribution >= 0.6 is 23.4 Å². The predicted molar refractivity (Wildman–Crippen MR) is 104 cm³/mol. The minimum atomic E-state index is -0.347. The van der Waals surface area contributed by atoms with E-state index in [4.69, 9.17) is 17.3 Å². The molecule has 0 radical (unpaired) electrons. The van der Waals surface area contributed by atoms with Crippen molar-refractivity contribution >= 4 is 35.2 Å². The van der Waals surface area contributed by atoms with E-state index in [0.717, 1.165) is 29.4 Å². The number of nitrogens with two attached hydrogens (primary N) is 1. The molecule has 1 heterocycles. The molecule has 1 aromatic heterocycles. The summed E-state index contributed by atoms with van der Waals surface area (Å²) in [6.45, 7) is 0.888. The van der Waals surface area contributed by atoms with Crippen LogP contribution in [0.1, 0.15) is 43.0 Å². The topological polar surface area (TPSA) is 103 Å². The Morgan fingerprint density at radius 2 is 2.04 bits per heavy atom. The first kappa shape index (κ1) is 19.7. The van der Waals surface area contributed by atoms with Crippen molar-refractivity contribution in [2.45, 2.75) is 49.8 Å². The van der Waals surface area contributed by atoms with Crippen molar-refractivity contribution in [3.05, 3.63) is 40.7 Å². The zero-order chi connectivity index (χ0) is 19.2. The van der Waals surface area contributed by atoms with E-state index in [1.807, 2.05) is 22.8 Å². The fourth-order valence-electron chi connectivity index (χ4n) is 2.64. The molecular weight excluding hydrogens is 386 g/mol. The van der Waals surface area contributed by atoms with Crippen LogP contribution in [0.25, 0.3) is 0 Å². The summed E-state index contributed by atoms with van der Waals surface area (Å²) in [4.78, 5) is 23.2. The number of aromatic nitrogens is 3. The fraction of sp³-hybridized carbons (Fsp3) is 0.444. The van der Waals surface area contributed by atoms with Crippen molar-refractivity contribution in [3.8, 4) is 0 Å². The molecule has 0 saturated heterocycles. The monoisotopic (exact) mass is 407 g/mol. The van der Waals surface area contributed by atoms with Crippen molar-refractivity contribution in [2.75, 3.05) is 5.75 Å². The summed E-state index contributed by atoms with van der Waals surface area (Å²) in [5.74, 6) is 1.53. The molecule has 1 aliphatic rings. The Hall–Kier alpha value is -2.06. The molecule has 0 bridgehead atoms. The average Bonchev–Trinajstić information content (AvgIpc) is 3.40. The molecule has 2 amide bonds. The SMILES string of the molecule is NC(=O)CCn1c(SCCC(=O)NCc2ccccc2Cl)nnc1C1CC1. The largest absolute Gasteiger partial charge is 0.370 e. The number of hydrogen-bond donors (Lipinski definition) is 2. The Kier molecular flexibility index (Phi) is 6.73. The Morgan fingerprint density at radius 3 is 2.74 bits per heavy atom. The number of halogens is 1. The van der Waals surface area contributed by atoms with E-state index in [-0.39, 0.29) is 18.2 Å². The average molecular weight is 408 g/mol. The molecule has 2 aromatic rings. The first-order valence-electron chi connectivity index (χ1n) is 8.89. The maximum absolute atomic E-state index is 12.1. The number of hydrogen-bond acceptors (Lipinski definition) is 5. The van der Waals surface area contributed by atoms with Crippen LogP contribution in [0.5, 0.6) is 0 Å². The van der Waals surface area contributed by atoms with E-state index >= 15 is 0 Å². The molecule has 1 aromatic carbocycles. The third-order valence-electron chi connectivity index (χ3n) is 4.26. The van der Waals surface area contributed by atoms with E-state index in [0.29, 0.717) is 36.2 Å². The van der Waals surface area contributed by atoms with Crippen molar-refractivity contribution in [2.24, 2.45) is 5.73 Å². The Morgan fingerprint density at radius 1 is 1.26 bits per heavy atom. The van der Waals surface area contributed by atoms with Crippen LogP contribution in [-0.4, -0.2) is 32.3 Å². The van der Waals surface area contributed by atoms with Crippen LogP contribution in [0.4, 0.5) is 0 Å². The predicted octanol–water partition coefficient (Wildman–Crippen LogP) is 2.48. The van der Waals surface area contributed by atoms with Gasteiger partial charge in [-0.3, -0.25) is 9.59 Å². The second-order valence-corrected chi connectivity index (χ2v) is 7.92. The molecule has 0 atom stereocenters. The molecular formula is C18H22ClN5O2S. The first-order chi connectivity index (χ1) is 13.0. The summed E-state index contributed by atoms with van der Waals surface area (Å²) >= 11 is 7.56. The van der Waals surface area contributed by atoms with Gasteiger partial charge in [0.25, 0.3) is 0 Å². The number of nitrogens with one attached hydrogen (secondary N) is 1. The minimum absolute atomic E-state index is 0.0481. The molecule has 9 heteroatoms. The number of carbonyl (C=O) groups is 2. The summed E-state index contributed by atoms with van der Waals surface area (Å²) in [5.41, 5.74) is 6.16. The standard InChI is InChI=1S/C18H22ClN5O2S/c19-14-4-2-1-3-13(14)11-21-16(26)8-10-27-18-23-22-17(12-5-6-12)24(18)9-7-15(20)25/h1-4,12H,5-11H2,(H2,20,25)(H,21,26). The Labute approximate surface area is 167 Å². The van der Waals surface area contributed by atoms with E-state index in [1.165, 1.54) is 11.8 Å². The van der Waals surface area contributed by atoms with Gasteiger partial charge in [0.2, 0.25) is 11.8 Å². The van der Waals surface area contributed by atoms with Crippen LogP contribution in [0, 0.1) is 0 Å². The van der Waals surface area contributed by atoms with Gasteiger partial charge in [-0.25, -0.2) is 0 Å². The Bertz CT molecular complexity index is 822. The lowest BCUT2D eigenvalue weighted by atomic mass is 10.2. The van der Waals surface area contributed by atoms with Crippen molar-refractivity contribution in [1.82, 2.24) is 20.1 Å². The molecule has 1 fully saturated rings. The fourth-order valence-corrected chi connectivity index (χ4v) is 3.75. The molecule has 1 saturated carbocycles. The smallest absolute Gasteiger partial charge is 0.221 e. The zero-order valence-corrected chi connectivity index (χ0v) is 16.4. The summed E-state index contributed by atoms with van der Waals surface area (Å²) < 4.78 is 1.97. The summed E-state index contributed by atoms with van der Waals surface area (Å²) in [7, 11) is 0. The maximum Gasteiger partial charge on any atom is 0.221 e. The molecule has 1 aliphatic carbocycles. The minimum Gasteiger partial charge on any atom is -0.370 e. The first-order valence-corrected chi connectivity index (χ1v) is 10.2. The maximum atomic E-state index is 12.1. The highest BCUT2D eigenvalue weighted by molar-refractivity contribution is 7.99. The molecule has 27 heavy (non-hydrogen) atoms. The van der Waals surface area contributed by atoms with Crippen molar-refractivity contribution < 1.29 is 9.59 Å². The van der Waals surface area contributed by atoms with Gasteiger partial charge in [0.1, 0.15) is 5.82 Å². The van der Waals surface area contributed by atoms with Gasteiger partial charge in [0.15, 0.2) is 5.16 Å². The summed E-state index contributed by atoms with van der Waals surface area (Å²) in [6, 6.07) is 7.43. The van der Waals surface area contributed by atoms with E-state index < -0.39 is 0 Å². The normalized spacial score (nSPS) is 13.5. The van der Waals surface area contributed by atoms with Crippen molar-refractivity contribution in [1.29, 1.82) is 0 Å². The third kappa shape index (κ3) is 5.71. The third-order valence-corrected chi connectivity index (χ3v) is 5.60. The van der Waals surface area contributed by atoms with Gasteiger partial charge < -0.3 is 15.6 Å². The number of thioether (sulfide) groups is 1. The summed E-state index contributed by atoms with van der Waals surface area (Å²) in [5, 5.41) is 12.7. The Balaban J connectivity index is 1.49. The van der Waals surface area contributed by atoms with Gasteiger partial charge in [-0.15, -0.1) is 10.2 Å². The quantitative estimate of drug-likeness (QED) is 0.589. The van der Waals surface area contributed by atoms with E-state index in [2.05, 4.69) is 15.5 Å². The molecule has 144 valence electrons. The second-order valence-electron chi connectivity index (χ2n) is 6.45. The van der Waals surface area contributed by atoms with Crippen LogP contribution in [-0.2, 0) is 22.7 Å². The van der Waals surface area contributed by atoms with E-state index in [9.17, 15) is 9.59 Å². The van der Waals surface area contributed by atoms with Gasteiger partial charge in [-0.2, -0.15) is 0 Å². The zero-order valence-electron chi connectivity index (χ0n) is 14.9. The molecule has 3 N–H and O–H groups in total. The van der Waals surface area contributed by atoms with Gasteiger partial charge in [-0.1, -0.05) is 41.6 Å². The molecule has 7 nitrogen and oxygen atoms in total. The van der Waals surface area contributed by atoms with Crippen LogP contribution in [0.3, 0.4) is 0 Å². The number of benzene rings is 1. The number of nitrogens with zero attached hydrogens (tertiary/aromatic N) is 3. The number of carbonyl (C=O) groups excluding carboxylic acids is 2. The highest BCUT2D eigenvalue weighted by Gasteiger charge is 2.30. The number of primary amides is 1. The molecule has 0 spiro atoms. The van der Waals surface area contributed by atoms with Gasteiger partial charge in [0, 0.05) is 42.6 Å². The molecule has 3 rings (SSSR count). The van der Waals surface area contributed by atoms with E-state index in [1.54, 1.807) is 6.07 Å². The van der Waals surface area contributed by atoms with Crippen LogP contribution in [0.15, 0.2) is 29.4 Å².